The minimum Gasteiger partial charge on any atom is -0.462 e. The fourth-order valence-corrected chi connectivity index (χ4v) is 2.46. The van der Waals surface area contributed by atoms with Crippen LogP contribution in [-0.2, 0) is 19.0 Å². The fourth-order valence-electron chi connectivity index (χ4n) is 2.46. The van der Waals surface area contributed by atoms with E-state index < -0.39 is 17.8 Å². The number of hydrogen-bond donors (Lipinski definition) is 1. The number of unbranched alkanes of at least 4 members (excludes halogenated alkanes) is 2. The Labute approximate surface area is 173 Å². The molecule has 164 valence electrons. The number of nitrogens with zero attached hydrogens (tertiary/aromatic N) is 1. The molecule has 1 aliphatic rings. The molecular weight excluding hydrogens is 376 g/mol. The van der Waals surface area contributed by atoms with Crippen molar-refractivity contribution in [2.24, 2.45) is 0 Å². The number of esters is 1. The van der Waals surface area contributed by atoms with Crippen LogP contribution in [0, 0.1) is 0 Å². The first kappa shape index (κ1) is 24.5. The van der Waals surface area contributed by atoms with E-state index in [2.05, 4.69) is 5.32 Å². The molecule has 0 spiro atoms. The zero-order chi connectivity index (χ0) is 21.7. The topological polar surface area (TPSA) is 94.2 Å². The summed E-state index contributed by atoms with van der Waals surface area (Å²) in [6.45, 7) is 7.93. The number of amides is 2. The van der Waals surface area contributed by atoms with Crippen LogP contribution in [0.2, 0.25) is 0 Å². The van der Waals surface area contributed by atoms with E-state index >= 15 is 0 Å². The maximum atomic E-state index is 12.0. The molecular formula is C21H34N2O6. The number of carbonyl (C=O) groups is 3. The van der Waals surface area contributed by atoms with Gasteiger partial charge in [0, 0.05) is 25.4 Å². The van der Waals surface area contributed by atoms with Crippen LogP contribution in [0.25, 0.3) is 0 Å². The summed E-state index contributed by atoms with van der Waals surface area (Å²) >= 11 is 0. The molecule has 1 rings (SSSR count). The molecule has 1 heterocycles. The van der Waals surface area contributed by atoms with Gasteiger partial charge in [-0.15, -0.1) is 0 Å². The third-order valence-corrected chi connectivity index (χ3v) is 3.84. The molecule has 0 unspecified atom stereocenters. The molecule has 0 saturated carbocycles. The fraction of sp³-hybridized carbons (Fsp3) is 0.667. The number of ether oxygens (including phenoxy) is 3. The highest BCUT2D eigenvalue weighted by atomic mass is 16.6. The second-order valence-electron chi connectivity index (χ2n) is 7.88. The lowest BCUT2D eigenvalue weighted by molar-refractivity contribution is -0.144. The van der Waals surface area contributed by atoms with Crippen molar-refractivity contribution in [2.75, 3.05) is 19.8 Å². The molecule has 29 heavy (non-hydrogen) atoms. The molecule has 8 heteroatoms. The smallest absolute Gasteiger partial charge is 0.418 e. The van der Waals surface area contributed by atoms with Crippen molar-refractivity contribution in [3.8, 4) is 0 Å². The van der Waals surface area contributed by atoms with E-state index in [1.54, 1.807) is 12.4 Å². The molecule has 1 aliphatic heterocycles. The van der Waals surface area contributed by atoms with Crippen LogP contribution in [0.3, 0.4) is 0 Å². The summed E-state index contributed by atoms with van der Waals surface area (Å²) in [5, 5.41) is 2.67. The van der Waals surface area contributed by atoms with Crippen LogP contribution in [0.15, 0.2) is 24.0 Å². The van der Waals surface area contributed by atoms with Crippen LogP contribution < -0.4 is 5.32 Å². The van der Waals surface area contributed by atoms with Crippen LogP contribution in [-0.4, -0.2) is 48.4 Å². The van der Waals surface area contributed by atoms with Crippen molar-refractivity contribution in [1.29, 1.82) is 0 Å². The first-order chi connectivity index (χ1) is 13.7. The molecule has 0 aromatic rings. The van der Waals surface area contributed by atoms with E-state index in [-0.39, 0.29) is 25.6 Å². The third kappa shape index (κ3) is 12.5. The maximum absolute atomic E-state index is 12.0. The Balaban J connectivity index is 2.03. The number of carbonyl (C=O) groups excluding carboxylic acids is 3. The highest BCUT2D eigenvalue weighted by Gasteiger charge is 2.15. The van der Waals surface area contributed by atoms with Crippen LogP contribution in [0.1, 0.15) is 66.2 Å². The Kier molecular flexibility index (Phi) is 10.9. The normalized spacial score (nSPS) is 13.9. The highest BCUT2D eigenvalue weighted by Crippen LogP contribution is 2.12. The van der Waals surface area contributed by atoms with Gasteiger partial charge in [0.1, 0.15) is 18.8 Å². The first-order valence-corrected chi connectivity index (χ1v) is 10.1. The van der Waals surface area contributed by atoms with Crippen LogP contribution >= 0.6 is 0 Å². The number of rotatable bonds is 9. The Morgan fingerprint density at radius 2 is 1.83 bits per heavy atom. The summed E-state index contributed by atoms with van der Waals surface area (Å²) < 4.78 is 15.3. The van der Waals surface area contributed by atoms with Gasteiger partial charge in [-0.05, 0) is 53.4 Å². The molecule has 0 aromatic carbocycles. The van der Waals surface area contributed by atoms with Gasteiger partial charge in [0.05, 0.1) is 0 Å². The van der Waals surface area contributed by atoms with Crippen molar-refractivity contribution in [1.82, 2.24) is 10.2 Å². The lowest BCUT2D eigenvalue weighted by atomic mass is 10.2. The van der Waals surface area contributed by atoms with Gasteiger partial charge in [-0.1, -0.05) is 18.1 Å². The number of nitrogens with one attached hydrogen (secondary N) is 1. The summed E-state index contributed by atoms with van der Waals surface area (Å²) in [5.74, 6) is -0.327. The van der Waals surface area contributed by atoms with Gasteiger partial charge in [0.2, 0.25) is 0 Å². The molecule has 0 bridgehead atoms. The van der Waals surface area contributed by atoms with Gasteiger partial charge in [-0.3, -0.25) is 9.69 Å². The summed E-state index contributed by atoms with van der Waals surface area (Å²) in [7, 11) is 0. The van der Waals surface area contributed by atoms with Gasteiger partial charge >= 0.3 is 18.2 Å². The van der Waals surface area contributed by atoms with E-state index in [0.29, 0.717) is 13.0 Å². The van der Waals surface area contributed by atoms with Crippen molar-refractivity contribution >= 4 is 18.2 Å². The highest BCUT2D eigenvalue weighted by molar-refractivity contribution is 5.71. The van der Waals surface area contributed by atoms with Gasteiger partial charge < -0.3 is 19.5 Å². The van der Waals surface area contributed by atoms with Gasteiger partial charge in [0.25, 0.3) is 0 Å². The minimum absolute atomic E-state index is 0.0155. The van der Waals surface area contributed by atoms with E-state index in [4.69, 9.17) is 14.2 Å². The van der Waals surface area contributed by atoms with Crippen LogP contribution in [0.5, 0.6) is 0 Å². The lowest BCUT2D eigenvalue weighted by Crippen LogP contribution is -2.32. The zero-order valence-corrected chi connectivity index (χ0v) is 18.0. The maximum Gasteiger partial charge on any atom is 0.418 e. The minimum atomic E-state index is -0.512. The molecule has 0 radical (unpaired) electrons. The largest absolute Gasteiger partial charge is 0.462 e. The summed E-state index contributed by atoms with van der Waals surface area (Å²) in [4.78, 5) is 36.5. The van der Waals surface area contributed by atoms with Gasteiger partial charge in [0.15, 0.2) is 0 Å². The Morgan fingerprint density at radius 1 is 1.10 bits per heavy atom. The van der Waals surface area contributed by atoms with Crippen LogP contribution in [0.4, 0.5) is 9.59 Å². The Morgan fingerprint density at radius 3 is 2.55 bits per heavy atom. The number of hydrogen-bond acceptors (Lipinski definition) is 6. The molecule has 2 amide bonds. The third-order valence-electron chi connectivity index (χ3n) is 3.84. The van der Waals surface area contributed by atoms with Crippen molar-refractivity contribution < 1.29 is 28.6 Å². The average molecular weight is 411 g/mol. The quantitative estimate of drug-likeness (QED) is 0.347. The summed E-state index contributed by atoms with van der Waals surface area (Å²) in [6, 6.07) is 0. The Hall–Kier alpha value is -2.51. The predicted molar refractivity (Wildman–Crippen MR) is 109 cm³/mol. The molecule has 0 aliphatic carbocycles. The predicted octanol–water partition coefficient (Wildman–Crippen LogP) is 4.26. The van der Waals surface area contributed by atoms with Gasteiger partial charge in [-0.2, -0.15) is 0 Å². The van der Waals surface area contributed by atoms with E-state index in [1.807, 2.05) is 33.8 Å². The first-order valence-electron chi connectivity index (χ1n) is 10.1. The average Bonchev–Trinajstić information content (AvgIpc) is 2.84. The van der Waals surface area contributed by atoms with Crippen molar-refractivity contribution in [3.05, 3.63) is 24.0 Å². The van der Waals surface area contributed by atoms with E-state index in [1.165, 1.54) is 4.90 Å². The number of alkyl carbamates (subject to hydrolysis) is 1. The Bertz CT molecular complexity index is 607. The lowest BCUT2D eigenvalue weighted by Gasteiger charge is -2.19. The van der Waals surface area contributed by atoms with Crippen molar-refractivity contribution in [2.45, 2.75) is 71.8 Å². The molecule has 0 fully saturated rings. The molecule has 1 N–H and O–H groups in total. The second kappa shape index (κ2) is 12.9. The molecule has 0 saturated heterocycles. The molecule has 0 aromatic heterocycles. The van der Waals surface area contributed by atoms with Crippen molar-refractivity contribution in [3.63, 3.8) is 0 Å². The van der Waals surface area contributed by atoms with E-state index in [0.717, 1.165) is 31.3 Å². The number of allylic oxidation sites excluding steroid dienone is 2. The van der Waals surface area contributed by atoms with E-state index in [9.17, 15) is 14.4 Å². The second-order valence-corrected chi connectivity index (χ2v) is 7.88. The summed E-state index contributed by atoms with van der Waals surface area (Å²) in [6.07, 6.45) is 8.70. The molecule has 8 nitrogen and oxygen atoms in total. The standard InChI is InChI=1S/C21H34N2O6/c1-17-10-7-9-13-23(16-17)20(26)28-15-14-27-18(24)11-6-5-8-12-22-19(25)29-21(2,3)4/h9,13,16H,5-8,10-12,14-15H2,1-4H3,(H,22,25). The zero-order valence-electron chi connectivity index (χ0n) is 18.0. The molecule has 0 atom stereocenters. The monoisotopic (exact) mass is 410 g/mol. The SMILES string of the molecule is CC1=CN(C(=O)OCCOC(=O)CCCCCNC(=O)OC(C)(C)C)C=CCC1. The van der Waals surface area contributed by atoms with Gasteiger partial charge in [-0.25, -0.2) is 9.59 Å². The summed E-state index contributed by atoms with van der Waals surface area (Å²) in [5.41, 5.74) is 0.585.